The minimum atomic E-state index is 0.988. The monoisotopic (exact) mass is 560 g/mol. The van der Waals surface area contributed by atoms with E-state index < -0.39 is 0 Å². The van der Waals surface area contributed by atoms with Gasteiger partial charge in [-0.05, 0) is 88.8 Å². The number of aryl methyl sites for hydroxylation is 1. The van der Waals surface area contributed by atoms with E-state index in [1.807, 2.05) is 0 Å². The van der Waals surface area contributed by atoms with Crippen LogP contribution in [-0.4, -0.2) is 0 Å². The predicted molar refractivity (Wildman–Crippen MR) is 190 cm³/mol. The summed E-state index contributed by atoms with van der Waals surface area (Å²) in [6.45, 7) is 2.25. The first-order valence-electron chi connectivity index (χ1n) is 15.5. The zero-order valence-corrected chi connectivity index (χ0v) is 24.8. The first-order chi connectivity index (χ1) is 21.8. The molecule has 208 valence electrons. The zero-order chi connectivity index (χ0) is 29.5. The summed E-state index contributed by atoms with van der Waals surface area (Å²) in [7, 11) is 0. The highest BCUT2D eigenvalue weighted by atomic mass is 14.3. The molecule has 0 aliphatic carbocycles. The maximum atomic E-state index is 2.44. The highest BCUT2D eigenvalue weighted by molar-refractivity contribution is 6.33. The lowest BCUT2D eigenvalue weighted by Crippen LogP contribution is -1.98. The van der Waals surface area contributed by atoms with Crippen LogP contribution in [-0.2, 0) is 6.42 Å². The van der Waals surface area contributed by atoms with Crippen molar-refractivity contribution in [3.05, 3.63) is 169 Å². The number of hydrogen-bond donors (Lipinski definition) is 0. The molecule has 0 fully saturated rings. The Kier molecular flexibility index (Phi) is 6.54. The standard InChI is InChI=1S/C44H32/c1-2-30-27-28-37-38(29-30)42(34-23-13-6-14-24-34)44-40(32-19-9-4-10-20-32)36-26-16-15-25-35(36)39(31-17-7-3-8-18-31)43(44)41(37)33-21-11-5-12-22-33/h3-29H,2H2,1H3. The van der Waals surface area contributed by atoms with E-state index in [4.69, 9.17) is 0 Å². The van der Waals surface area contributed by atoms with Crippen molar-refractivity contribution in [3.8, 4) is 44.5 Å². The Morgan fingerprint density at radius 1 is 0.318 bits per heavy atom. The quantitative estimate of drug-likeness (QED) is 0.184. The van der Waals surface area contributed by atoms with Crippen LogP contribution in [0.4, 0.5) is 0 Å². The molecular formula is C44H32. The first-order valence-corrected chi connectivity index (χ1v) is 15.5. The van der Waals surface area contributed by atoms with Crippen LogP contribution in [0.25, 0.3) is 76.8 Å². The molecule has 0 saturated heterocycles. The van der Waals surface area contributed by atoms with Crippen LogP contribution in [0.2, 0.25) is 0 Å². The molecule has 0 aromatic heterocycles. The van der Waals surface area contributed by atoms with E-state index in [9.17, 15) is 0 Å². The average Bonchev–Trinajstić information content (AvgIpc) is 3.10. The maximum Gasteiger partial charge on any atom is -0.000139 e. The number of rotatable bonds is 5. The van der Waals surface area contributed by atoms with E-state index in [0.717, 1.165) is 6.42 Å². The van der Waals surface area contributed by atoms with Crippen LogP contribution in [0.15, 0.2) is 164 Å². The summed E-state index contributed by atoms with van der Waals surface area (Å²) in [5.74, 6) is 0. The van der Waals surface area contributed by atoms with Gasteiger partial charge in [0, 0.05) is 0 Å². The summed E-state index contributed by atoms with van der Waals surface area (Å²) in [6.07, 6.45) is 0.988. The second-order valence-electron chi connectivity index (χ2n) is 11.5. The Balaban J connectivity index is 1.77. The summed E-state index contributed by atoms with van der Waals surface area (Å²) < 4.78 is 0. The van der Waals surface area contributed by atoms with Crippen LogP contribution < -0.4 is 0 Å². The summed E-state index contributed by atoms with van der Waals surface area (Å²) in [5.41, 5.74) is 11.4. The SMILES string of the molecule is CCc1ccc2c(-c3ccccc3)c3c(-c4ccccc4)c4ccccc4c(-c4ccccc4)c3c(-c3ccccc3)c2c1. The zero-order valence-electron chi connectivity index (χ0n) is 24.8. The van der Waals surface area contributed by atoms with Gasteiger partial charge in [0.2, 0.25) is 0 Å². The molecule has 8 aromatic rings. The van der Waals surface area contributed by atoms with Gasteiger partial charge in [0.05, 0.1) is 0 Å². The van der Waals surface area contributed by atoms with Gasteiger partial charge in [0.15, 0.2) is 0 Å². The lowest BCUT2D eigenvalue weighted by atomic mass is 9.77. The third-order valence-electron chi connectivity index (χ3n) is 9.00. The molecular weight excluding hydrogens is 528 g/mol. The molecule has 0 N–H and O–H groups in total. The summed E-state index contributed by atoms with van der Waals surface area (Å²) >= 11 is 0. The van der Waals surface area contributed by atoms with E-state index >= 15 is 0 Å². The Labute approximate surface area is 258 Å². The third-order valence-corrected chi connectivity index (χ3v) is 9.00. The topological polar surface area (TPSA) is 0 Å². The molecule has 0 heteroatoms. The van der Waals surface area contributed by atoms with Gasteiger partial charge in [-0.15, -0.1) is 0 Å². The smallest absolute Gasteiger partial charge is 0.000139 e. The van der Waals surface area contributed by atoms with E-state index in [2.05, 4.69) is 171 Å². The molecule has 0 aliphatic heterocycles. The third kappa shape index (κ3) is 4.22. The Hall–Kier alpha value is -5.46. The second kappa shape index (κ2) is 11.0. The van der Waals surface area contributed by atoms with Crippen LogP contribution >= 0.6 is 0 Å². The molecule has 0 amide bonds. The maximum absolute atomic E-state index is 2.44. The van der Waals surface area contributed by atoms with Crippen molar-refractivity contribution in [1.82, 2.24) is 0 Å². The van der Waals surface area contributed by atoms with Gasteiger partial charge in [-0.2, -0.15) is 0 Å². The minimum absolute atomic E-state index is 0.988. The molecule has 0 radical (unpaired) electrons. The number of fused-ring (bicyclic) bond motifs is 3. The van der Waals surface area contributed by atoms with Gasteiger partial charge in [0.1, 0.15) is 0 Å². The van der Waals surface area contributed by atoms with E-state index in [1.54, 1.807) is 0 Å². The molecule has 0 aliphatic rings. The molecule has 0 unspecified atom stereocenters. The van der Waals surface area contributed by atoms with E-state index in [0.29, 0.717) is 0 Å². The Morgan fingerprint density at radius 2 is 0.636 bits per heavy atom. The first kappa shape index (κ1) is 26.2. The van der Waals surface area contributed by atoms with E-state index in [1.165, 1.54) is 82.4 Å². The Morgan fingerprint density at radius 3 is 1.00 bits per heavy atom. The highest BCUT2D eigenvalue weighted by Crippen LogP contribution is 2.53. The normalized spacial score (nSPS) is 11.4. The molecule has 0 heterocycles. The largest absolute Gasteiger partial charge is 0.0622 e. The lowest BCUT2D eigenvalue weighted by molar-refractivity contribution is 1.15. The van der Waals surface area contributed by atoms with Gasteiger partial charge in [-0.1, -0.05) is 171 Å². The lowest BCUT2D eigenvalue weighted by Gasteiger charge is -2.25. The van der Waals surface area contributed by atoms with Crippen LogP contribution in [0.3, 0.4) is 0 Å². The number of benzene rings is 8. The van der Waals surface area contributed by atoms with Crippen LogP contribution in [0.5, 0.6) is 0 Å². The fraction of sp³-hybridized carbons (Fsp3) is 0.0455. The molecule has 0 saturated carbocycles. The fourth-order valence-electron chi connectivity index (χ4n) is 7.06. The van der Waals surface area contributed by atoms with Gasteiger partial charge in [0.25, 0.3) is 0 Å². The van der Waals surface area contributed by atoms with Crippen molar-refractivity contribution in [3.63, 3.8) is 0 Å². The second-order valence-corrected chi connectivity index (χ2v) is 11.5. The van der Waals surface area contributed by atoms with Crippen molar-refractivity contribution >= 4 is 32.3 Å². The number of hydrogen-bond acceptors (Lipinski definition) is 0. The predicted octanol–water partition coefficient (Wildman–Crippen LogP) is 12.4. The van der Waals surface area contributed by atoms with E-state index in [-0.39, 0.29) is 0 Å². The van der Waals surface area contributed by atoms with Gasteiger partial charge < -0.3 is 0 Å². The van der Waals surface area contributed by atoms with Crippen LogP contribution in [0, 0.1) is 0 Å². The highest BCUT2D eigenvalue weighted by Gasteiger charge is 2.25. The molecule has 8 aromatic carbocycles. The van der Waals surface area contributed by atoms with Gasteiger partial charge >= 0.3 is 0 Å². The molecule has 0 nitrogen and oxygen atoms in total. The fourth-order valence-corrected chi connectivity index (χ4v) is 7.06. The van der Waals surface area contributed by atoms with Crippen LogP contribution in [0.1, 0.15) is 12.5 Å². The Bertz CT molecular complexity index is 2260. The van der Waals surface area contributed by atoms with Gasteiger partial charge in [-0.25, -0.2) is 0 Å². The van der Waals surface area contributed by atoms with Crippen molar-refractivity contribution in [1.29, 1.82) is 0 Å². The average molecular weight is 561 g/mol. The molecule has 0 bridgehead atoms. The molecule has 44 heavy (non-hydrogen) atoms. The van der Waals surface area contributed by atoms with Crippen molar-refractivity contribution in [2.75, 3.05) is 0 Å². The summed E-state index contributed by atoms with van der Waals surface area (Å²) in [6, 6.07) is 60.1. The van der Waals surface area contributed by atoms with Gasteiger partial charge in [-0.3, -0.25) is 0 Å². The molecule has 0 spiro atoms. The summed E-state index contributed by atoms with van der Waals surface area (Å²) in [4.78, 5) is 0. The minimum Gasteiger partial charge on any atom is -0.0622 e. The van der Waals surface area contributed by atoms with Crippen molar-refractivity contribution in [2.24, 2.45) is 0 Å². The summed E-state index contributed by atoms with van der Waals surface area (Å²) in [5, 5.41) is 7.73. The molecule has 0 atom stereocenters. The van der Waals surface area contributed by atoms with Crippen molar-refractivity contribution in [2.45, 2.75) is 13.3 Å². The molecule has 8 rings (SSSR count). The van der Waals surface area contributed by atoms with Crippen molar-refractivity contribution < 1.29 is 0 Å².